The molecule has 4 aliphatic carbocycles. The monoisotopic (exact) mass is 534 g/mol. The number of aliphatic hydroxyl groups is 2. The third-order valence-electron chi connectivity index (χ3n) is 13.1. The fourth-order valence-corrected chi connectivity index (χ4v) is 11.2. The quantitative estimate of drug-likeness (QED) is 0.322. The van der Waals surface area contributed by atoms with Gasteiger partial charge in [0.2, 0.25) is 0 Å². The fraction of sp³-hybridized carbons (Fsp3) is 1.00. The summed E-state index contributed by atoms with van der Waals surface area (Å²) in [5, 5.41) is 23.2. The predicted molar refractivity (Wildman–Crippen MR) is 158 cm³/mol. The molecule has 0 saturated heterocycles. The normalized spacial score (nSPS) is 45.3. The van der Waals surface area contributed by atoms with Crippen LogP contribution in [0.4, 0.5) is 0 Å². The minimum atomic E-state index is -2.07. The van der Waals surface area contributed by atoms with Gasteiger partial charge in [-0.15, -0.1) is 0 Å². The maximum Gasteiger partial charge on any atom is 0.192 e. The van der Waals surface area contributed by atoms with Gasteiger partial charge in [0.05, 0.1) is 18.3 Å². The molecule has 4 fully saturated rings. The van der Waals surface area contributed by atoms with Gasteiger partial charge in [-0.1, -0.05) is 74.7 Å². The van der Waals surface area contributed by atoms with Gasteiger partial charge in [0, 0.05) is 0 Å². The summed E-state index contributed by atoms with van der Waals surface area (Å²) in [5.74, 6) is 4.14. The van der Waals surface area contributed by atoms with Gasteiger partial charge < -0.3 is 14.6 Å². The summed E-state index contributed by atoms with van der Waals surface area (Å²) in [6.45, 7) is 24.0. The Morgan fingerprint density at radius 3 is 2.11 bits per heavy atom. The van der Waals surface area contributed by atoms with Crippen molar-refractivity contribution in [1.82, 2.24) is 0 Å². The van der Waals surface area contributed by atoms with E-state index in [1.807, 2.05) is 0 Å². The van der Waals surface area contributed by atoms with Gasteiger partial charge in [0.1, 0.15) is 0 Å². The van der Waals surface area contributed by atoms with Gasteiger partial charge in [-0.05, 0) is 115 Å². The van der Waals surface area contributed by atoms with E-state index in [0.29, 0.717) is 23.2 Å². The van der Waals surface area contributed by atoms with Crippen molar-refractivity contribution in [2.24, 2.45) is 52.3 Å². The van der Waals surface area contributed by atoms with E-state index in [1.54, 1.807) is 0 Å². The Morgan fingerprint density at radius 1 is 0.865 bits per heavy atom. The molecule has 0 aromatic heterocycles. The van der Waals surface area contributed by atoms with Gasteiger partial charge in [-0.2, -0.15) is 0 Å². The van der Waals surface area contributed by atoms with E-state index in [0.717, 1.165) is 37.0 Å². The lowest BCUT2D eigenvalue weighted by atomic mass is 9.43. The molecule has 3 nitrogen and oxygen atoms in total. The van der Waals surface area contributed by atoms with Crippen LogP contribution in [0.25, 0.3) is 0 Å². The van der Waals surface area contributed by atoms with Gasteiger partial charge in [0.15, 0.2) is 8.32 Å². The van der Waals surface area contributed by atoms with Crippen molar-refractivity contribution in [3.05, 3.63) is 0 Å². The van der Waals surface area contributed by atoms with E-state index in [2.05, 4.69) is 68.5 Å². The van der Waals surface area contributed by atoms with Crippen LogP contribution in [-0.4, -0.2) is 36.8 Å². The largest absolute Gasteiger partial charge is 0.411 e. The Labute approximate surface area is 231 Å². The Balaban J connectivity index is 1.64. The third-order valence-corrected chi connectivity index (χ3v) is 17.6. The smallest absolute Gasteiger partial charge is 0.192 e. The lowest BCUT2D eigenvalue weighted by molar-refractivity contribution is -0.219. The van der Waals surface area contributed by atoms with Crippen molar-refractivity contribution < 1.29 is 14.6 Å². The lowest BCUT2D eigenvalue weighted by Gasteiger charge is -2.65. The standard InChI is InChI=1S/C33H62O3Si/c1-21(2)12-11-13-22(3)24-14-15-25-28-26(17-19-32(24,25)7)33(8)18-16-23(34)20-27(33)30(29(28)35)36-37(9,10)31(4,5)6/h21-30,34-35H,11-20H2,1-10H3/t22-,23+,24-,25+,26+,27-,28+,29-,30-,32-,33-/m1/s1. The highest BCUT2D eigenvalue weighted by Crippen LogP contribution is 2.69. The summed E-state index contributed by atoms with van der Waals surface area (Å²) >= 11 is 0. The number of hydrogen-bond acceptors (Lipinski definition) is 3. The molecular weight excluding hydrogens is 472 g/mol. The second-order valence-electron chi connectivity index (χ2n) is 16.7. The summed E-state index contributed by atoms with van der Waals surface area (Å²) in [5.41, 5.74) is 0.511. The molecule has 0 amide bonds. The van der Waals surface area contributed by atoms with Crippen molar-refractivity contribution in [2.45, 2.75) is 156 Å². The molecule has 11 atom stereocenters. The second-order valence-corrected chi connectivity index (χ2v) is 21.5. The molecule has 4 aliphatic rings. The van der Waals surface area contributed by atoms with Crippen LogP contribution in [0.15, 0.2) is 0 Å². The molecule has 0 aliphatic heterocycles. The van der Waals surface area contributed by atoms with Crippen LogP contribution in [0.5, 0.6) is 0 Å². The van der Waals surface area contributed by atoms with E-state index in [4.69, 9.17) is 4.43 Å². The highest BCUT2D eigenvalue weighted by molar-refractivity contribution is 6.74. The molecule has 2 N–H and O–H groups in total. The van der Waals surface area contributed by atoms with Crippen LogP contribution >= 0.6 is 0 Å². The summed E-state index contributed by atoms with van der Waals surface area (Å²) in [7, 11) is -2.07. The molecule has 0 aromatic rings. The third kappa shape index (κ3) is 5.29. The highest BCUT2D eigenvalue weighted by Gasteiger charge is 2.66. The van der Waals surface area contributed by atoms with Crippen molar-refractivity contribution in [2.75, 3.05) is 0 Å². The van der Waals surface area contributed by atoms with Crippen LogP contribution in [0.1, 0.15) is 120 Å². The molecule has 0 heterocycles. The van der Waals surface area contributed by atoms with Crippen LogP contribution in [0, 0.1) is 52.3 Å². The molecule has 0 aromatic carbocycles. The molecule has 37 heavy (non-hydrogen) atoms. The molecule has 0 bridgehead atoms. The average molecular weight is 535 g/mol. The Bertz CT molecular complexity index is 789. The minimum absolute atomic E-state index is 0.109. The topological polar surface area (TPSA) is 49.7 Å². The van der Waals surface area contributed by atoms with Crippen LogP contribution in [0.2, 0.25) is 18.1 Å². The zero-order chi connectivity index (χ0) is 27.6. The van der Waals surface area contributed by atoms with Gasteiger partial charge in [0.25, 0.3) is 0 Å². The summed E-state index contributed by atoms with van der Waals surface area (Å²) in [6.07, 6.45) is 11.3. The SMILES string of the molecule is CC(C)CCC[C@@H](C)[C@H]1CC[C@H]2[C@@H]3[C@@H](O)[C@H](O[Si](C)(C)C(C)(C)C)[C@H]4C[C@@H](O)CC[C@]4(C)[C@H]3CC[C@]12C. The molecule has 4 heteroatoms. The zero-order valence-electron chi connectivity index (χ0n) is 26.1. The molecule has 216 valence electrons. The van der Waals surface area contributed by atoms with E-state index in [-0.39, 0.29) is 28.6 Å². The number of aliphatic hydroxyl groups excluding tert-OH is 2. The van der Waals surface area contributed by atoms with Crippen LogP contribution < -0.4 is 0 Å². The van der Waals surface area contributed by atoms with Gasteiger partial charge in [-0.3, -0.25) is 0 Å². The van der Waals surface area contributed by atoms with Crippen LogP contribution in [0.3, 0.4) is 0 Å². The van der Waals surface area contributed by atoms with E-state index in [1.165, 1.54) is 44.9 Å². The minimum Gasteiger partial charge on any atom is -0.411 e. The van der Waals surface area contributed by atoms with Crippen molar-refractivity contribution >= 4 is 8.32 Å². The van der Waals surface area contributed by atoms with Crippen molar-refractivity contribution in [3.8, 4) is 0 Å². The Morgan fingerprint density at radius 2 is 1.49 bits per heavy atom. The average Bonchev–Trinajstić information content (AvgIpc) is 3.13. The molecule has 0 unspecified atom stereocenters. The maximum absolute atomic E-state index is 12.3. The first-order valence-corrected chi connectivity index (χ1v) is 19.0. The van der Waals surface area contributed by atoms with Gasteiger partial charge >= 0.3 is 0 Å². The van der Waals surface area contributed by atoms with E-state index < -0.39 is 14.4 Å². The summed E-state index contributed by atoms with van der Waals surface area (Å²) < 4.78 is 7.20. The fourth-order valence-electron chi connectivity index (χ4n) is 9.90. The molecular formula is C33H62O3Si. The maximum atomic E-state index is 12.3. The van der Waals surface area contributed by atoms with Crippen molar-refractivity contribution in [1.29, 1.82) is 0 Å². The Hall–Kier alpha value is 0.0969. The highest BCUT2D eigenvalue weighted by atomic mass is 28.4. The van der Waals surface area contributed by atoms with Crippen molar-refractivity contribution in [3.63, 3.8) is 0 Å². The summed E-state index contributed by atoms with van der Waals surface area (Å²) in [6, 6.07) is 0. The first-order chi connectivity index (χ1) is 17.0. The summed E-state index contributed by atoms with van der Waals surface area (Å²) in [4.78, 5) is 0. The first-order valence-electron chi connectivity index (χ1n) is 16.1. The lowest BCUT2D eigenvalue weighted by Crippen LogP contribution is -2.66. The number of rotatable bonds is 7. The van der Waals surface area contributed by atoms with E-state index >= 15 is 0 Å². The molecule has 4 saturated carbocycles. The first kappa shape index (κ1) is 30.1. The Kier molecular flexibility index (Phi) is 8.53. The molecule has 0 spiro atoms. The number of hydrogen-bond donors (Lipinski definition) is 2. The second kappa shape index (κ2) is 10.5. The van der Waals surface area contributed by atoms with Crippen LogP contribution in [-0.2, 0) is 4.43 Å². The van der Waals surface area contributed by atoms with E-state index in [9.17, 15) is 10.2 Å². The zero-order valence-corrected chi connectivity index (χ0v) is 27.1. The molecule has 0 radical (unpaired) electrons. The van der Waals surface area contributed by atoms with Gasteiger partial charge in [-0.25, -0.2) is 0 Å². The molecule has 4 rings (SSSR count). The predicted octanol–water partition coefficient (Wildman–Crippen LogP) is 8.44. The number of fused-ring (bicyclic) bond motifs is 5.